The zero-order valence-electron chi connectivity index (χ0n) is 23.1. The van der Waals surface area contributed by atoms with E-state index in [0.717, 1.165) is 24.3 Å². The van der Waals surface area contributed by atoms with Gasteiger partial charge in [0.2, 0.25) is 0 Å². The molecule has 2 aromatic carbocycles. The number of hydrogen-bond donors (Lipinski definition) is 0. The molecule has 2 nitrogen and oxygen atoms in total. The Morgan fingerprint density at radius 3 is 1.75 bits per heavy atom. The van der Waals surface area contributed by atoms with Crippen molar-refractivity contribution >= 4 is 11.9 Å². The van der Waals surface area contributed by atoms with Gasteiger partial charge in [-0.2, -0.15) is 0 Å². The van der Waals surface area contributed by atoms with E-state index in [2.05, 4.69) is 26.0 Å². The largest absolute Gasteiger partial charge is 0.494 e. The maximum absolute atomic E-state index is 12.4. The van der Waals surface area contributed by atoms with E-state index >= 15 is 0 Å². The van der Waals surface area contributed by atoms with Crippen LogP contribution in [0.4, 0.5) is 0 Å². The summed E-state index contributed by atoms with van der Waals surface area (Å²) in [5.41, 5.74) is 2.92. The molecule has 0 N–H and O–H groups in total. The van der Waals surface area contributed by atoms with Crippen LogP contribution >= 0.6 is 0 Å². The lowest BCUT2D eigenvalue weighted by molar-refractivity contribution is 0.104. The molecule has 2 rings (SSSR count). The van der Waals surface area contributed by atoms with E-state index < -0.39 is 0 Å². The number of allylic oxidation sites excluding steroid dienone is 1. The molecule has 2 aromatic rings. The molecule has 0 unspecified atom stereocenters. The predicted molar refractivity (Wildman–Crippen MR) is 156 cm³/mol. The first-order valence-electron chi connectivity index (χ1n) is 14.7. The molecule has 0 saturated heterocycles. The highest BCUT2D eigenvalue weighted by Crippen LogP contribution is 2.16. The minimum absolute atomic E-state index is 0.0147. The lowest BCUT2D eigenvalue weighted by atomic mass is 10.0. The first-order chi connectivity index (χ1) is 17.7. The number of ether oxygens (including phenoxy) is 1. The number of hydrogen-bond acceptors (Lipinski definition) is 2. The van der Waals surface area contributed by atoms with Crippen LogP contribution in [-0.4, -0.2) is 12.4 Å². The molecule has 0 amide bonds. The van der Waals surface area contributed by atoms with Crippen LogP contribution in [0.3, 0.4) is 0 Å². The van der Waals surface area contributed by atoms with E-state index in [4.69, 9.17) is 4.74 Å². The molecule has 0 bridgehead atoms. The van der Waals surface area contributed by atoms with Crippen LogP contribution in [0.1, 0.15) is 131 Å². The maximum Gasteiger partial charge on any atom is 0.185 e. The number of carbonyl (C=O) groups is 1. The Hall–Kier alpha value is -2.35. The van der Waals surface area contributed by atoms with Gasteiger partial charge in [0, 0.05) is 5.56 Å². The first kappa shape index (κ1) is 29.9. The molecular weight excluding hydrogens is 440 g/mol. The molecular formula is C34H50O2. The van der Waals surface area contributed by atoms with E-state index in [1.807, 2.05) is 42.5 Å². The standard InChI is InChI=1S/C34H50O2/c1-3-4-5-6-7-8-9-10-11-12-13-14-15-16-17-18-28-36-33-25-23-32(24-26-33)34(35)27-22-31-21-19-20-30(2)29-31/h19-27,29H,3-18,28H2,1-2H3. The van der Waals surface area contributed by atoms with Crippen molar-refractivity contribution in [1.82, 2.24) is 0 Å². The minimum Gasteiger partial charge on any atom is -0.494 e. The molecule has 198 valence electrons. The normalized spacial score (nSPS) is 11.3. The summed E-state index contributed by atoms with van der Waals surface area (Å²) in [5, 5.41) is 0. The van der Waals surface area contributed by atoms with Crippen molar-refractivity contribution in [1.29, 1.82) is 0 Å². The first-order valence-corrected chi connectivity index (χ1v) is 14.7. The van der Waals surface area contributed by atoms with E-state index in [1.165, 1.54) is 102 Å². The van der Waals surface area contributed by atoms with E-state index in [-0.39, 0.29) is 5.78 Å². The fraction of sp³-hybridized carbons (Fsp3) is 0.559. The third-order valence-corrected chi connectivity index (χ3v) is 6.87. The van der Waals surface area contributed by atoms with Crippen LogP contribution in [0.5, 0.6) is 5.75 Å². The molecule has 0 aliphatic rings. The highest BCUT2D eigenvalue weighted by atomic mass is 16.5. The van der Waals surface area contributed by atoms with Gasteiger partial charge in [-0.05, 0) is 49.2 Å². The van der Waals surface area contributed by atoms with Crippen LogP contribution < -0.4 is 4.74 Å². The average molecular weight is 491 g/mol. The molecule has 0 saturated carbocycles. The number of unbranched alkanes of at least 4 members (excludes halogenated alkanes) is 15. The number of benzene rings is 2. The summed E-state index contributed by atoms with van der Waals surface area (Å²) in [5.74, 6) is 0.857. The maximum atomic E-state index is 12.4. The quantitative estimate of drug-likeness (QED) is 0.0988. The fourth-order valence-corrected chi connectivity index (χ4v) is 4.60. The van der Waals surface area contributed by atoms with Gasteiger partial charge in [-0.25, -0.2) is 0 Å². The number of aryl methyl sites for hydroxylation is 1. The van der Waals surface area contributed by atoms with Crippen molar-refractivity contribution in [2.24, 2.45) is 0 Å². The number of ketones is 1. The Labute approximate surface area is 221 Å². The number of carbonyl (C=O) groups excluding carboxylic acids is 1. The van der Waals surface area contributed by atoms with Gasteiger partial charge in [0.05, 0.1) is 6.61 Å². The summed E-state index contributed by atoms with van der Waals surface area (Å²) in [6, 6.07) is 15.6. The molecule has 2 heteroatoms. The topological polar surface area (TPSA) is 26.3 Å². The molecule has 0 spiro atoms. The Balaban J connectivity index is 1.43. The molecule has 0 fully saturated rings. The van der Waals surface area contributed by atoms with E-state index in [1.54, 1.807) is 6.08 Å². The second-order valence-corrected chi connectivity index (χ2v) is 10.3. The zero-order chi connectivity index (χ0) is 25.7. The average Bonchev–Trinajstić information content (AvgIpc) is 2.89. The summed E-state index contributed by atoms with van der Waals surface area (Å²) >= 11 is 0. The second kappa shape index (κ2) is 19.8. The van der Waals surface area contributed by atoms with Gasteiger partial charge < -0.3 is 4.74 Å². The van der Waals surface area contributed by atoms with E-state index in [9.17, 15) is 4.79 Å². The van der Waals surface area contributed by atoms with Gasteiger partial charge >= 0.3 is 0 Å². The van der Waals surface area contributed by atoms with Gasteiger partial charge in [-0.3, -0.25) is 4.79 Å². The Bertz CT molecular complexity index is 850. The summed E-state index contributed by atoms with van der Waals surface area (Å²) in [7, 11) is 0. The van der Waals surface area contributed by atoms with E-state index in [0.29, 0.717) is 5.56 Å². The molecule has 0 radical (unpaired) electrons. The third kappa shape index (κ3) is 14.3. The van der Waals surface area contributed by atoms with Crippen LogP contribution in [0.15, 0.2) is 54.6 Å². The summed E-state index contributed by atoms with van der Waals surface area (Å²) in [6.45, 7) is 5.09. The van der Waals surface area contributed by atoms with Crippen molar-refractivity contribution in [3.05, 3.63) is 71.3 Å². The zero-order valence-corrected chi connectivity index (χ0v) is 23.1. The summed E-state index contributed by atoms with van der Waals surface area (Å²) in [6.07, 6.45) is 25.5. The SMILES string of the molecule is CCCCCCCCCCCCCCCCCCOc1ccc(C(=O)C=Cc2cccc(C)c2)cc1. The number of rotatable bonds is 21. The minimum atomic E-state index is 0.0147. The fourth-order valence-electron chi connectivity index (χ4n) is 4.60. The van der Waals surface area contributed by atoms with Gasteiger partial charge in [-0.15, -0.1) is 0 Å². The lowest BCUT2D eigenvalue weighted by Crippen LogP contribution is -1.99. The monoisotopic (exact) mass is 490 g/mol. The van der Waals surface area contributed by atoms with Crippen molar-refractivity contribution in [3.63, 3.8) is 0 Å². The van der Waals surface area contributed by atoms with Crippen molar-refractivity contribution in [2.45, 2.75) is 117 Å². The third-order valence-electron chi connectivity index (χ3n) is 6.87. The molecule has 0 heterocycles. The Morgan fingerprint density at radius 1 is 0.694 bits per heavy atom. The van der Waals surface area contributed by atoms with Crippen LogP contribution in [0, 0.1) is 6.92 Å². The molecule has 36 heavy (non-hydrogen) atoms. The van der Waals surface area contributed by atoms with Crippen molar-refractivity contribution in [2.75, 3.05) is 6.61 Å². The lowest BCUT2D eigenvalue weighted by Gasteiger charge is -2.07. The highest BCUT2D eigenvalue weighted by Gasteiger charge is 2.03. The smallest absolute Gasteiger partial charge is 0.185 e. The predicted octanol–water partition coefficient (Wildman–Crippen LogP) is 10.5. The van der Waals surface area contributed by atoms with Crippen molar-refractivity contribution < 1.29 is 9.53 Å². The van der Waals surface area contributed by atoms with Gasteiger partial charge in [-0.1, -0.05) is 139 Å². The Morgan fingerprint density at radius 2 is 1.22 bits per heavy atom. The van der Waals surface area contributed by atoms with Gasteiger partial charge in [0.1, 0.15) is 5.75 Å². The highest BCUT2D eigenvalue weighted by molar-refractivity contribution is 6.06. The molecule has 0 aliphatic heterocycles. The van der Waals surface area contributed by atoms with Crippen LogP contribution in [-0.2, 0) is 0 Å². The Kier molecular flexibility index (Phi) is 16.4. The molecule has 0 aromatic heterocycles. The second-order valence-electron chi connectivity index (χ2n) is 10.3. The van der Waals surface area contributed by atoms with Crippen molar-refractivity contribution in [3.8, 4) is 5.75 Å². The summed E-state index contributed by atoms with van der Waals surface area (Å²) in [4.78, 5) is 12.4. The molecule has 0 atom stereocenters. The molecule has 0 aliphatic carbocycles. The van der Waals surface area contributed by atoms with Crippen LogP contribution in [0.2, 0.25) is 0 Å². The van der Waals surface area contributed by atoms with Gasteiger partial charge in [0.25, 0.3) is 0 Å². The summed E-state index contributed by atoms with van der Waals surface area (Å²) < 4.78 is 5.87. The van der Waals surface area contributed by atoms with Gasteiger partial charge in [0.15, 0.2) is 5.78 Å². The van der Waals surface area contributed by atoms with Crippen LogP contribution in [0.25, 0.3) is 6.08 Å².